The summed E-state index contributed by atoms with van der Waals surface area (Å²) < 4.78 is 36.6. The van der Waals surface area contributed by atoms with Gasteiger partial charge in [0.05, 0.1) is 17.1 Å². The van der Waals surface area contributed by atoms with Gasteiger partial charge in [0, 0.05) is 20.3 Å². The summed E-state index contributed by atoms with van der Waals surface area (Å²) in [5, 5.41) is 9.02. The smallest absolute Gasteiger partial charge is 0.240 e. The molecular weight excluding hydrogens is 280 g/mol. The first-order valence-corrected chi connectivity index (χ1v) is 7.69. The van der Waals surface area contributed by atoms with Gasteiger partial charge in [-0.2, -0.15) is 5.26 Å². The Morgan fingerprint density at radius 2 is 2.15 bits per heavy atom. The molecule has 1 rings (SSSR count). The lowest BCUT2D eigenvalue weighted by Crippen LogP contribution is -2.25. The van der Waals surface area contributed by atoms with Crippen LogP contribution in [0, 0.1) is 11.3 Å². The second-order valence-electron chi connectivity index (χ2n) is 3.95. The lowest BCUT2D eigenvalue weighted by atomic mass is 10.2. The van der Waals surface area contributed by atoms with Gasteiger partial charge in [-0.3, -0.25) is 0 Å². The average Bonchev–Trinajstić information content (AvgIpc) is 2.44. The number of hydrogen-bond acceptors (Lipinski definition) is 5. The van der Waals surface area contributed by atoms with Crippen LogP contribution >= 0.6 is 0 Å². The zero-order chi connectivity index (χ0) is 15.0. The van der Waals surface area contributed by atoms with Gasteiger partial charge in [0.25, 0.3) is 0 Å². The van der Waals surface area contributed by atoms with Crippen molar-refractivity contribution in [3.05, 3.63) is 23.8 Å². The number of nitrogens with zero attached hydrogens (tertiary/aromatic N) is 1. The van der Waals surface area contributed by atoms with Crippen molar-refractivity contribution >= 4 is 10.0 Å². The monoisotopic (exact) mass is 298 g/mol. The Balaban J connectivity index is 2.88. The first kappa shape index (κ1) is 16.4. The van der Waals surface area contributed by atoms with Crippen molar-refractivity contribution in [3.63, 3.8) is 0 Å². The third kappa shape index (κ3) is 4.49. The molecule has 0 heterocycles. The molecule has 0 aliphatic carbocycles. The summed E-state index contributed by atoms with van der Waals surface area (Å²) in [7, 11) is -2.06. The predicted octanol–water partition coefficient (Wildman–Crippen LogP) is 1.27. The highest BCUT2D eigenvalue weighted by atomic mass is 32.2. The van der Waals surface area contributed by atoms with Crippen LogP contribution in [0.2, 0.25) is 0 Å². The number of nitrogens with one attached hydrogen (secondary N) is 1. The zero-order valence-electron chi connectivity index (χ0n) is 11.5. The highest BCUT2D eigenvalue weighted by Crippen LogP contribution is 2.21. The van der Waals surface area contributed by atoms with Crippen LogP contribution in [0.1, 0.15) is 18.9 Å². The molecule has 7 heteroatoms. The second kappa shape index (κ2) is 7.85. The summed E-state index contributed by atoms with van der Waals surface area (Å²) in [5.74, 6) is 0.383. The molecule has 0 aromatic heterocycles. The average molecular weight is 298 g/mol. The van der Waals surface area contributed by atoms with Gasteiger partial charge in [0.15, 0.2) is 0 Å². The summed E-state index contributed by atoms with van der Waals surface area (Å²) in [6.45, 7) is 2.97. The van der Waals surface area contributed by atoms with Gasteiger partial charge in [-0.15, -0.1) is 0 Å². The summed E-state index contributed by atoms with van der Waals surface area (Å²) in [4.78, 5) is 0.0509. The molecule has 0 spiro atoms. The Kier molecular flexibility index (Phi) is 6.45. The molecule has 0 saturated heterocycles. The van der Waals surface area contributed by atoms with E-state index in [9.17, 15) is 8.42 Å². The van der Waals surface area contributed by atoms with Crippen molar-refractivity contribution in [1.29, 1.82) is 5.26 Å². The van der Waals surface area contributed by atoms with Crippen LogP contribution in [0.15, 0.2) is 23.1 Å². The van der Waals surface area contributed by atoms with Crippen LogP contribution in [0.25, 0.3) is 0 Å². The van der Waals surface area contributed by atoms with Gasteiger partial charge >= 0.3 is 0 Å². The van der Waals surface area contributed by atoms with Crippen LogP contribution in [-0.2, 0) is 14.8 Å². The van der Waals surface area contributed by atoms with Gasteiger partial charge < -0.3 is 9.47 Å². The number of sulfonamides is 1. The van der Waals surface area contributed by atoms with E-state index in [0.717, 1.165) is 0 Å². The van der Waals surface area contributed by atoms with E-state index >= 15 is 0 Å². The van der Waals surface area contributed by atoms with E-state index < -0.39 is 10.0 Å². The molecule has 0 aliphatic heterocycles. The van der Waals surface area contributed by atoms with E-state index in [1.807, 2.05) is 6.07 Å². The van der Waals surface area contributed by atoms with Crippen LogP contribution in [0.5, 0.6) is 5.75 Å². The molecule has 0 fully saturated rings. The Morgan fingerprint density at radius 3 is 2.75 bits per heavy atom. The van der Waals surface area contributed by atoms with Gasteiger partial charge in [0.2, 0.25) is 10.0 Å². The third-order valence-corrected chi connectivity index (χ3v) is 3.96. The van der Waals surface area contributed by atoms with Gasteiger partial charge in [-0.05, 0) is 31.5 Å². The SMILES string of the molecule is CCOc1ccc(S(=O)(=O)NCCCOC)cc1C#N. The van der Waals surface area contributed by atoms with E-state index in [-0.39, 0.29) is 17.0 Å². The van der Waals surface area contributed by atoms with Crippen LogP contribution in [0.3, 0.4) is 0 Å². The number of benzene rings is 1. The van der Waals surface area contributed by atoms with Crippen molar-refractivity contribution in [3.8, 4) is 11.8 Å². The minimum atomic E-state index is -3.62. The Morgan fingerprint density at radius 1 is 1.40 bits per heavy atom. The quantitative estimate of drug-likeness (QED) is 0.730. The minimum Gasteiger partial charge on any atom is -0.492 e. The molecular formula is C13H18N2O4S. The first-order valence-electron chi connectivity index (χ1n) is 6.20. The number of rotatable bonds is 8. The summed E-state index contributed by atoms with van der Waals surface area (Å²) in [6, 6.07) is 6.15. The zero-order valence-corrected chi connectivity index (χ0v) is 12.4. The summed E-state index contributed by atoms with van der Waals surface area (Å²) in [5.41, 5.74) is 0.201. The summed E-state index contributed by atoms with van der Waals surface area (Å²) in [6.07, 6.45) is 0.581. The van der Waals surface area contributed by atoms with E-state index in [0.29, 0.717) is 25.4 Å². The molecule has 20 heavy (non-hydrogen) atoms. The van der Waals surface area contributed by atoms with E-state index in [1.165, 1.54) is 18.2 Å². The normalized spacial score (nSPS) is 11.1. The molecule has 110 valence electrons. The molecule has 1 N–H and O–H groups in total. The van der Waals surface area contributed by atoms with Crippen LogP contribution in [-0.4, -0.2) is 35.3 Å². The Labute approximate surface area is 119 Å². The summed E-state index contributed by atoms with van der Waals surface area (Å²) >= 11 is 0. The molecule has 0 atom stereocenters. The van der Waals surface area contributed by atoms with Crippen molar-refractivity contribution < 1.29 is 17.9 Å². The Bertz CT molecular complexity index is 579. The lowest BCUT2D eigenvalue weighted by Gasteiger charge is -2.09. The van der Waals surface area contributed by atoms with Crippen molar-refractivity contribution in [2.45, 2.75) is 18.2 Å². The topological polar surface area (TPSA) is 88.4 Å². The maximum atomic E-state index is 12.0. The molecule has 1 aromatic carbocycles. The standard InChI is InChI=1S/C13H18N2O4S/c1-3-19-13-6-5-12(9-11(13)10-14)20(16,17)15-7-4-8-18-2/h5-6,9,15H,3-4,7-8H2,1-2H3. The third-order valence-electron chi connectivity index (χ3n) is 2.50. The second-order valence-corrected chi connectivity index (χ2v) is 5.71. The lowest BCUT2D eigenvalue weighted by molar-refractivity contribution is 0.196. The van der Waals surface area contributed by atoms with Gasteiger partial charge in [-0.25, -0.2) is 13.1 Å². The van der Waals surface area contributed by atoms with E-state index in [2.05, 4.69) is 4.72 Å². The van der Waals surface area contributed by atoms with Crippen LogP contribution < -0.4 is 9.46 Å². The van der Waals surface area contributed by atoms with Crippen LogP contribution in [0.4, 0.5) is 0 Å². The minimum absolute atomic E-state index is 0.0509. The van der Waals surface area contributed by atoms with Crippen molar-refractivity contribution in [2.24, 2.45) is 0 Å². The van der Waals surface area contributed by atoms with E-state index in [1.54, 1.807) is 14.0 Å². The van der Waals surface area contributed by atoms with Crippen molar-refractivity contribution in [2.75, 3.05) is 26.9 Å². The van der Waals surface area contributed by atoms with E-state index in [4.69, 9.17) is 14.7 Å². The molecule has 0 radical (unpaired) electrons. The fourth-order valence-corrected chi connectivity index (χ4v) is 2.65. The molecule has 0 bridgehead atoms. The van der Waals surface area contributed by atoms with Gasteiger partial charge in [0.1, 0.15) is 11.8 Å². The Hall–Kier alpha value is -1.62. The highest BCUT2D eigenvalue weighted by Gasteiger charge is 2.16. The number of methoxy groups -OCH3 is 1. The number of ether oxygens (including phenoxy) is 2. The van der Waals surface area contributed by atoms with Gasteiger partial charge in [-0.1, -0.05) is 0 Å². The maximum Gasteiger partial charge on any atom is 0.240 e. The highest BCUT2D eigenvalue weighted by molar-refractivity contribution is 7.89. The molecule has 0 aliphatic rings. The molecule has 0 unspecified atom stereocenters. The molecule has 6 nitrogen and oxygen atoms in total. The molecule has 1 aromatic rings. The predicted molar refractivity (Wildman–Crippen MR) is 74.0 cm³/mol. The number of nitriles is 1. The van der Waals surface area contributed by atoms with Crippen molar-refractivity contribution in [1.82, 2.24) is 4.72 Å². The largest absolute Gasteiger partial charge is 0.492 e. The number of hydrogen-bond donors (Lipinski definition) is 1. The first-order chi connectivity index (χ1) is 9.55. The fourth-order valence-electron chi connectivity index (χ4n) is 1.55. The maximum absolute atomic E-state index is 12.0. The molecule has 0 amide bonds. The molecule has 0 saturated carbocycles. The fraction of sp³-hybridized carbons (Fsp3) is 0.462.